The van der Waals surface area contributed by atoms with Crippen molar-refractivity contribution in [3.63, 3.8) is 0 Å². The Hall–Kier alpha value is -2.73. The van der Waals surface area contributed by atoms with Gasteiger partial charge in [-0.3, -0.25) is 9.78 Å². The van der Waals surface area contributed by atoms with Crippen molar-refractivity contribution in [3.05, 3.63) is 59.2 Å². The van der Waals surface area contributed by atoms with E-state index in [0.29, 0.717) is 18.0 Å². The molecule has 126 valence electrons. The summed E-state index contributed by atoms with van der Waals surface area (Å²) in [6, 6.07) is 11.6. The summed E-state index contributed by atoms with van der Waals surface area (Å²) in [4.78, 5) is 24.2. The maximum Gasteiger partial charge on any atom is 0.270 e. The molecule has 3 aromatic rings. The lowest BCUT2D eigenvalue weighted by Crippen LogP contribution is -2.30. The first kappa shape index (κ1) is 15.8. The van der Waals surface area contributed by atoms with E-state index in [-0.39, 0.29) is 5.91 Å². The van der Waals surface area contributed by atoms with Gasteiger partial charge in [0.1, 0.15) is 15.6 Å². The van der Waals surface area contributed by atoms with Gasteiger partial charge in [0.15, 0.2) is 0 Å². The normalized spacial score (nSPS) is 13.7. The zero-order valence-corrected chi connectivity index (χ0v) is 14.6. The van der Waals surface area contributed by atoms with E-state index in [0.717, 1.165) is 34.1 Å². The molecule has 0 radical (unpaired) electrons. The van der Waals surface area contributed by atoms with Crippen LogP contribution in [0.5, 0.6) is 5.75 Å². The Labute approximate surface area is 149 Å². The number of hydrogen-bond donors (Lipinski definition) is 0. The van der Waals surface area contributed by atoms with Crippen LogP contribution in [0.2, 0.25) is 0 Å². The van der Waals surface area contributed by atoms with Crippen molar-refractivity contribution in [2.45, 2.75) is 13.3 Å². The molecule has 5 nitrogen and oxygen atoms in total. The quantitative estimate of drug-likeness (QED) is 0.702. The topological polar surface area (TPSA) is 55.3 Å². The lowest BCUT2D eigenvalue weighted by Gasteiger charge is -2.21. The molecule has 0 fully saturated rings. The Bertz CT molecular complexity index is 908. The largest absolute Gasteiger partial charge is 0.491 e. The highest BCUT2D eigenvalue weighted by Gasteiger charge is 2.25. The van der Waals surface area contributed by atoms with Gasteiger partial charge in [-0.1, -0.05) is 12.1 Å². The Morgan fingerprint density at radius 2 is 2.16 bits per heavy atom. The average Bonchev–Trinajstić information content (AvgIpc) is 3.04. The van der Waals surface area contributed by atoms with Gasteiger partial charge in [-0.05, 0) is 43.2 Å². The average molecular weight is 351 g/mol. The van der Waals surface area contributed by atoms with Crippen LogP contribution < -0.4 is 9.64 Å². The summed E-state index contributed by atoms with van der Waals surface area (Å²) >= 11 is 1.37. The molecule has 0 aliphatic carbocycles. The smallest absolute Gasteiger partial charge is 0.270 e. The van der Waals surface area contributed by atoms with Crippen molar-refractivity contribution in [1.82, 2.24) is 9.97 Å². The monoisotopic (exact) mass is 351 g/mol. The van der Waals surface area contributed by atoms with Crippen LogP contribution in [0.4, 0.5) is 5.69 Å². The molecule has 6 heteroatoms. The summed E-state index contributed by atoms with van der Waals surface area (Å²) in [6.45, 7) is 3.26. The second-order valence-electron chi connectivity index (χ2n) is 5.87. The lowest BCUT2D eigenvalue weighted by molar-refractivity contribution is 0.0991. The highest BCUT2D eigenvalue weighted by Crippen LogP contribution is 2.34. The molecule has 1 aliphatic heterocycles. The van der Waals surface area contributed by atoms with E-state index in [1.54, 1.807) is 17.3 Å². The number of amides is 1. The van der Waals surface area contributed by atoms with E-state index >= 15 is 0 Å². The van der Waals surface area contributed by atoms with Gasteiger partial charge in [-0.2, -0.15) is 0 Å². The fourth-order valence-electron chi connectivity index (χ4n) is 2.81. The second kappa shape index (κ2) is 6.64. The molecule has 25 heavy (non-hydrogen) atoms. The third-order valence-electron chi connectivity index (χ3n) is 4.03. The minimum absolute atomic E-state index is 0.0444. The molecule has 1 aliphatic rings. The zero-order valence-electron chi connectivity index (χ0n) is 13.8. The highest BCUT2D eigenvalue weighted by molar-refractivity contribution is 7.17. The van der Waals surface area contributed by atoms with Crippen LogP contribution in [0.1, 0.15) is 21.7 Å². The molecular formula is C19H17N3O2S. The van der Waals surface area contributed by atoms with E-state index in [4.69, 9.17) is 4.74 Å². The predicted molar refractivity (Wildman–Crippen MR) is 98.3 cm³/mol. The molecule has 4 rings (SSSR count). The van der Waals surface area contributed by atoms with Crippen molar-refractivity contribution >= 4 is 22.9 Å². The van der Waals surface area contributed by atoms with Gasteiger partial charge in [-0.15, -0.1) is 11.3 Å². The van der Waals surface area contributed by atoms with Gasteiger partial charge < -0.3 is 9.64 Å². The number of carbonyl (C=O) groups is 1. The number of ether oxygens (including phenoxy) is 1. The molecular weight excluding hydrogens is 334 g/mol. The molecule has 0 saturated heterocycles. The zero-order chi connectivity index (χ0) is 17.2. The lowest BCUT2D eigenvalue weighted by atomic mass is 10.2. The van der Waals surface area contributed by atoms with Gasteiger partial charge in [0.05, 0.1) is 24.2 Å². The first-order valence-electron chi connectivity index (χ1n) is 8.15. The molecule has 2 aromatic heterocycles. The number of fused-ring (bicyclic) bond motifs is 1. The number of hydrogen-bond acceptors (Lipinski definition) is 5. The maximum absolute atomic E-state index is 13.1. The van der Waals surface area contributed by atoms with E-state index in [2.05, 4.69) is 9.97 Å². The first-order valence-corrected chi connectivity index (χ1v) is 8.96. The van der Waals surface area contributed by atoms with Crippen LogP contribution in [0.15, 0.2) is 48.8 Å². The van der Waals surface area contributed by atoms with Gasteiger partial charge in [0.25, 0.3) is 5.91 Å². The number of thiazole rings is 1. The van der Waals surface area contributed by atoms with E-state index in [1.807, 2.05) is 43.3 Å². The number of benzene rings is 1. The van der Waals surface area contributed by atoms with Gasteiger partial charge >= 0.3 is 0 Å². The molecule has 1 aromatic carbocycles. The summed E-state index contributed by atoms with van der Waals surface area (Å²) in [6.07, 6.45) is 4.16. The number of anilines is 1. The van der Waals surface area contributed by atoms with E-state index < -0.39 is 0 Å². The van der Waals surface area contributed by atoms with Crippen LogP contribution in [0.3, 0.4) is 0 Å². The number of aromatic nitrogens is 2. The number of rotatable bonds is 2. The molecule has 0 bridgehead atoms. The minimum Gasteiger partial charge on any atom is -0.491 e. The van der Waals surface area contributed by atoms with Crippen molar-refractivity contribution in [1.29, 1.82) is 0 Å². The van der Waals surface area contributed by atoms with Crippen LogP contribution in [0.25, 0.3) is 10.7 Å². The number of pyridine rings is 1. The van der Waals surface area contributed by atoms with Crippen molar-refractivity contribution in [2.24, 2.45) is 0 Å². The SMILES string of the molecule is Cc1ccc2c(c1)N(C(=O)c1cnc(-c3ccccn3)s1)CCCO2. The molecule has 0 saturated carbocycles. The van der Waals surface area contributed by atoms with Crippen molar-refractivity contribution in [3.8, 4) is 16.5 Å². The molecule has 0 N–H and O–H groups in total. The van der Waals surface area contributed by atoms with E-state index in [1.165, 1.54) is 11.3 Å². The van der Waals surface area contributed by atoms with Crippen molar-refractivity contribution in [2.75, 3.05) is 18.1 Å². The Balaban J connectivity index is 1.68. The third kappa shape index (κ3) is 3.13. The van der Waals surface area contributed by atoms with Crippen LogP contribution in [-0.2, 0) is 0 Å². The number of nitrogens with zero attached hydrogens (tertiary/aromatic N) is 3. The molecule has 0 spiro atoms. The molecule has 3 heterocycles. The van der Waals surface area contributed by atoms with Gasteiger partial charge in [-0.25, -0.2) is 4.98 Å². The Kier molecular flexibility index (Phi) is 4.19. The highest BCUT2D eigenvalue weighted by atomic mass is 32.1. The molecule has 0 atom stereocenters. The summed E-state index contributed by atoms with van der Waals surface area (Å²) in [7, 11) is 0. The van der Waals surface area contributed by atoms with Gasteiger partial charge in [0.2, 0.25) is 0 Å². The first-order chi connectivity index (χ1) is 12.2. The minimum atomic E-state index is -0.0444. The molecule has 1 amide bonds. The summed E-state index contributed by atoms with van der Waals surface area (Å²) < 4.78 is 5.78. The second-order valence-corrected chi connectivity index (χ2v) is 6.91. The number of carbonyl (C=O) groups excluding carboxylic acids is 1. The van der Waals surface area contributed by atoms with Crippen LogP contribution in [-0.4, -0.2) is 29.0 Å². The summed E-state index contributed by atoms with van der Waals surface area (Å²) in [5.41, 5.74) is 2.71. The summed E-state index contributed by atoms with van der Waals surface area (Å²) in [5, 5.41) is 0.750. The predicted octanol–water partition coefficient (Wildman–Crippen LogP) is 3.94. The Morgan fingerprint density at radius 3 is 3.00 bits per heavy atom. The maximum atomic E-state index is 13.1. The van der Waals surface area contributed by atoms with Crippen LogP contribution in [0, 0.1) is 6.92 Å². The number of aryl methyl sites for hydroxylation is 1. The van der Waals surface area contributed by atoms with Crippen molar-refractivity contribution < 1.29 is 9.53 Å². The standard InChI is InChI=1S/C19H17N3O2S/c1-13-6-7-16-15(11-13)22(9-4-10-24-16)19(23)17-12-21-18(25-17)14-5-2-3-8-20-14/h2-3,5-8,11-12H,4,9-10H2,1H3. The van der Waals surface area contributed by atoms with Gasteiger partial charge in [0, 0.05) is 12.7 Å². The fourth-order valence-corrected chi connectivity index (χ4v) is 3.65. The van der Waals surface area contributed by atoms with E-state index in [9.17, 15) is 4.79 Å². The third-order valence-corrected chi connectivity index (χ3v) is 5.04. The fraction of sp³-hybridized carbons (Fsp3) is 0.211. The summed E-state index contributed by atoms with van der Waals surface area (Å²) in [5.74, 6) is 0.711. The van der Waals surface area contributed by atoms with Crippen LogP contribution >= 0.6 is 11.3 Å². The molecule has 0 unspecified atom stereocenters. The Morgan fingerprint density at radius 1 is 1.24 bits per heavy atom.